The first-order valence-electron chi connectivity index (χ1n) is 4.51. The molecule has 0 aromatic carbocycles. The lowest BCUT2D eigenvalue weighted by molar-refractivity contribution is 0.105. The second-order valence-corrected chi connectivity index (χ2v) is 3.10. The Kier molecular flexibility index (Phi) is 2.52. The summed E-state index contributed by atoms with van der Waals surface area (Å²) in [5.74, 6) is 0. The van der Waals surface area contributed by atoms with Crippen molar-refractivity contribution in [1.82, 2.24) is 9.97 Å². The van der Waals surface area contributed by atoms with Crippen LogP contribution in [-0.4, -0.2) is 23.1 Å². The van der Waals surface area contributed by atoms with Crippen LogP contribution in [0.3, 0.4) is 0 Å². The zero-order valence-electron chi connectivity index (χ0n) is 7.49. The molecule has 1 aromatic heterocycles. The van der Waals surface area contributed by atoms with Gasteiger partial charge in [0.15, 0.2) is 0 Å². The minimum Gasteiger partial charge on any atom is -0.375 e. The Morgan fingerprint density at radius 1 is 1.46 bits per heavy atom. The van der Waals surface area contributed by atoms with Crippen LogP contribution in [0.25, 0.3) is 0 Å². The van der Waals surface area contributed by atoms with Crippen molar-refractivity contribution < 1.29 is 4.74 Å². The third kappa shape index (κ3) is 1.84. The highest BCUT2D eigenvalue weighted by Crippen LogP contribution is 2.11. The van der Waals surface area contributed by atoms with Gasteiger partial charge in [-0.15, -0.1) is 0 Å². The summed E-state index contributed by atoms with van der Waals surface area (Å²) in [5, 5.41) is 0. The molecule has 0 fully saturated rings. The van der Waals surface area contributed by atoms with E-state index in [0.29, 0.717) is 13.2 Å². The molecule has 0 bridgehead atoms. The van der Waals surface area contributed by atoms with Crippen molar-refractivity contribution in [2.75, 3.05) is 13.2 Å². The van der Waals surface area contributed by atoms with E-state index < -0.39 is 0 Å². The van der Waals surface area contributed by atoms with Gasteiger partial charge in [0, 0.05) is 19.0 Å². The summed E-state index contributed by atoms with van der Waals surface area (Å²) < 4.78 is 5.30. The van der Waals surface area contributed by atoms with E-state index in [0.717, 1.165) is 36.5 Å². The Bertz CT molecular complexity index is 301. The molecule has 0 aliphatic carbocycles. The van der Waals surface area contributed by atoms with E-state index in [4.69, 9.17) is 10.5 Å². The summed E-state index contributed by atoms with van der Waals surface area (Å²) in [4.78, 5) is 8.78. The molecule has 2 rings (SSSR count). The predicted molar refractivity (Wildman–Crippen MR) is 48.2 cm³/mol. The van der Waals surface area contributed by atoms with E-state index >= 15 is 0 Å². The van der Waals surface area contributed by atoms with Gasteiger partial charge in [0.05, 0.1) is 30.3 Å². The van der Waals surface area contributed by atoms with Gasteiger partial charge >= 0.3 is 0 Å². The maximum absolute atomic E-state index is 5.44. The van der Waals surface area contributed by atoms with Crippen LogP contribution >= 0.6 is 0 Å². The molecule has 70 valence electrons. The van der Waals surface area contributed by atoms with Crippen LogP contribution in [0.1, 0.15) is 17.1 Å². The first kappa shape index (κ1) is 8.59. The molecule has 1 aliphatic rings. The fourth-order valence-electron chi connectivity index (χ4n) is 1.42. The molecule has 0 saturated carbocycles. The third-order valence-corrected chi connectivity index (χ3v) is 2.10. The maximum Gasteiger partial charge on any atom is 0.0906 e. The predicted octanol–water partition coefficient (Wildman–Crippen LogP) is 0.0505. The van der Waals surface area contributed by atoms with E-state index in [1.807, 2.05) is 6.20 Å². The van der Waals surface area contributed by atoms with Gasteiger partial charge in [0.1, 0.15) is 0 Å². The van der Waals surface area contributed by atoms with Gasteiger partial charge in [-0.05, 0) is 6.54 Å². The molecule has 0 atom stereocenters. The van der Waals surface area contributed by atoms with Crippen molar-refractivity contribution >= 4 is 0 Å². The number of hydrogen-bond acceptors (Lipinski definition) is 4. The number of aromatic nitrogens is 2. The monoisotopic (exact) mass is 179 g/mol. The van der Waals surface area contributed by atoms with Gasteiger partial charge in [-0.3, -0.25) is 9.97 Å². The van der Waals surface area contributed by atoms with Crippen LogP contribution in [0.2, 0.25) is 0 Å². The molecule has 1 aliphatic heterocycles. The molecular formula is C9H13N3O. The van der Waals surface area contributed by atoms with E-state index in [-0.39, 0.29) is 0 Å². The lowest BCUT2D eigenvalue weighted by atomic mass is 10.2. The highest BCUT2D eigenvalue weighted by atomic mass is 16.5. The standard InChI is InChI=1S/C9H13N3O/c10-3-1-7-5-11-8-2-4-13-6-9(8)12-7/h5H,1-4,6,10H2. The average molecular weight is 179 g/mol. The molecule has 13 heavy (non-hydrogen) atoms. The number of rotatable bonds is 2. The van der Waals surface area contributed by atoms with Gasteiger partial charge in [0.25, 0.3) is 0 Å². The number of hydrogen-bond donors (Lipinski definition) is 1. The smallest absolute Gasteiger partial charge is 0.0906 e. The zero-order valence-corrected chi connectivity index (χ0v) is 7.49. The van der Waals surface area contributed by atoms with Crippen molar-refractivity contribution in [2.24, 2.45) is 5.73 Å². The highest BCUT2D eigenvalue weighted by molar-refractivity contribution is 5.15. The second kappa shape index (κ2) is 3.81. The number of nitrogens with zero attached hydrogens (tertiary/aromatic N) is 2. The van der Waals surface area contributed by atoms with E-state index in [2.05, 4.69) is 9.97 Å². The SMILES string of the molecule is NCCc1cnc2c(n1)COCC2. The molecule has 4 nitrogen and oxygen atoms in total. The molecule has 2 heterocycles. The van der Waals surface area contributed by atoms with E-state index in [9.17, 15) is 0 Å². The fourth-order valence-corrected chi connectivity index (χ4v) is 1.42. The lowest BCUT2D eigenvalue weighted by Gasteiger charge is -2.14. The Labute approximate surface area is 77.1 Å². The van der Waals surface area contributed by atoms with Crippen LogP contribution in [-0.2, 0) is 24.2 Å². The van der Waals surface area contributed by atoms with Gasteiger partial charge in [-0.1, -0.05) is 0 Å². The lowest BCUT2D eigenvalue weighted by Crippen LogP contribution is -2.15. The molecule has 0 unspecified atom stereocenters. The summed E-state index contributed by atoms with van der Waals surface area (Å²) in [6, 6.07) is 0. The maximum atomic E-state index is 5.44. The normalized spacial score (nSPS) is 15.5. The van der Waals surface area contributed by atoms with Crippen molar-refractivity contribution in [3.05, 3.63) is 23.3 Å². The van der Waals surface area contributed by atoms with Crippen LogP contribution < -0.4 is 5.73 Å². The minimum atomic E-state index is 0.598. The minimum absolute atomic E-state index is 0.598. The molecule has 1 aromatic rings. The number of ether oxygens (including phenoxy) is 1. The molecule has 0 spiro atoms. The van der Waals surface area contributed by atoms with Gasteiger partial charge in [-0.2, -0.15) is 0 Å². The van der Waals surface area contributed by atoms with Gasteiger partial charge in [0.2, 0.25) is 0 Å². The average Bonchev–Trinajstić information content (AvgIpc) is 2.18. The molecular weight excluding hydrogens is 166 g/mol. The number of nitrogens with two attached hydrogens (primary N) is 1. The van der Waals surface area contributed by atoms with Gasteiger partial charge in [-0.25, -0.2) is 0 Å². The van der Waals surface area contributed by atoms with Crippen LogP contribution in [0, 0.1) is 0 Å². The van der Waals surface area contributed by atoms with Crippen LogP contribution in [0.15, 0.2) is 6.20 Å². The van der Waals surface area contributed by atoms with E-state index in [1.54, 1.807) is 0 Å². The summed E-state index contributed by atoms with van der Waals surface area (Å²) in [6.45, 7) is 1.98. The summed E-state index contributed by atoms with van der Waals surface area (Å²) >= 11 is 0. The highest BCUT2D eigenvalue weighted by Gasteiger charge is 2.12. The Morgan fingerprint density at radius 2 is 2.38 bits per heavy atom. The molecule has 0 amide bonds. The van der Waals surface area contributed by atoms with Crippen molar-refractivity contribution in [3.63, 3.8) is 0 Å². The van der Waals surface area contributed by atoms with Crippen LogP contribution in [0.5, 0.6) is 0 Å². The van der Waals surface area contributed by atoms with Crippen molar-refractivity contribution in [3.8, 4) is 0 Å². The molecule has 0 saturated heterocycles. The Hall–Kier alpha value is -1.00. The Balaban J connectivity index is 2.24. The quantitative estimate of drug-likeness (QED) is 0.697. The first-order chi connectivity index (χ1) is 6.40. The molecule has 0 radical (unpaired) electrons. The summed E-state index contributed by atoms with van der Waals surface area (Å²) in [7, 11) is 0. The number of fused-ring (bicyclic) bond motifs is 1. The first-order valence-corrected chi connectivity index (χ1v) is 4.51. The largest absolute Gasteiger partial charge is 0.375 e. The second-order valence-electron chi connectivity index (χ2n) is 3.10. The van der Waals surface area contributed by atoms with Crippen molar-refractivity contribution in [1.29, 1.82) is 0 Å². The summed E-state index contributed by atoms with van der Waals surface area (Å²) in [5.41, 5.74) is 8.46. The third-order valence-electron chi connectivity index (χ3n) is 2.10. The molecule has 2 N–H and O–H groups in total. The van der Waals surface area contributed by atoms with Gasteiger partial charge < -0.3 is 10.5 Å². The van der Waals surface area contributed by atoms with Crippen molar-refractivity contribution in [2.45, 2.75) is 19.4 Å². The Morgan fingerprint density at radius 3 is 3.23 bits per heavy atom. The van der Waals surface area contributed by atoms with Crippen LogP contribution in [0.4, 0.5) is 0 Å². The van der Waals surface area contributed by atoms with E-state index in [1.165, 1.54) is 0 Å². The summed E-state index contributed by atoms with van der Waals surface area (Å²) in [6.07, 6.45) is 3.49. The fraction of sp³-hybridized carbons (Fsp3) is 0.556. The zero-order chi connectivity index (χ0) is 9.10. The molecule has 4 heteroatoms. The topological polar surface area (TPSA) is 61.0 Å².